The van der Waals surface area contributed by atoms with Gasteiger partial charge in [0.15, 0.2) is 0 Å². The number of carbonyl (C=O) groups excluding carboxylic acids is 1. The number of thiol groups is 1. The highest BCUT2D eigenvalue weighted by atomic mass is 32.1. The molecule has 0 aliphatic carbocycles. The number of hydrogen-bond donors (Lipinski definition) is 3. The molecule has 170 valence electrons. The van der Waals surface area contributed by atoms with Gasteiger partial charge >= 0.3 is 0 Å². The van der Waals surface area contributed by atoms with Crippen LogP contribution in [0.25, 0.3) is 0 Å². The van der Waals surface area contributed by atoms with Crippen molar-refractivity contribution in [2.45, 2.75) is 57.7 Å². The van der Waals surface area contributed by atoms with E-state index in [-0.39, 0.29) is 11.9 Å². The third kappa shape index (κ3) is 6.77. The first-order valence-corrected chi connectivity index (χ1v) is 11.5. The third-order valence-corrected chi connectivity index (χ3v) is 5.93. The van der Waals surface area contributed by atoms with Crippen molar-refractivity contribution in [3.05, 3.63) is 64.7 Å². The Hall–Kier alpha value is -2.46. The molecule has 1 aliphatic rings. The van der Waals surface area contributed by atoms with Gasteiger partial charge in [0.25, 0.3) is 5.91 Å². The number of benzene rings is 2. The number of nitrogens with one attached hydrogen (secondary N) is 1. The Kier molecular flexibility index (Phi) is 8.25. The van der Waals surface area contributed by atoms with Gasteiger partial charge in [-0.25, -0.2) is 0 Å². The van der Waals surface area contributed by atoms with Gasteiger partial charge in [-0.15, -0.1) is 6.42 Å². The zero-order valence-corrected chi connectivity index (χ0v) is 19.8. The van der Waals surface area contributed by atoms with Gasteiger partial charge in [0.2, 0.25) is 0 Å². The molecule has 1 amide bonds. The maximum absolute atomic E-state index is 13.0. The molecule has 1 aliphatic heterocycles. The molecule has 0 saturated heterocycles. The number of amides is 1. The minimum atomic E-state index is -0.507. The van der Waals surface area contributed by atoms with E-state index in [1.165, 1.54) is 11.1 Å². The molecule has 3 N–H and O–H groups in total. The van der Waals surface area contributed by atoms with Crippen LogP contribution in [0, 0.1) is 12.3 Å². The number of fused-ring (bicyclic) bond motifs is 4. The summed E-state index contributed by atoms with van der Waals surface area (Å²) in [6, 6.07) is 13.7. The van der Waals surface area contributed by atoms with Gasteiger partial charge in [0, 0.05) is 23.3 Å². The van der Waals surface area contributed by atoms with Crippen LogP contribution in [-0.4, -0.2) is 30.6 Å². The number of rotatable bonds is 3. The quantitative estimate of drug-likeness (QED) is 0.489. The van der Waals surface area contributed by atoms with E-state index in [1.807, 2.05) is 35.5 Å². The van der Waals surface area contributed by atoms with E-state index < -0.39 is 5.54 Å². The fourth-order valence-electron chi connectivity index (χ4n) is 3.94. The summed E-state index contributed by atoms with van der Waals surface area (Å²) in [5.41, 5.74) is 10.7. The van der Waals surface area contributed by atoms with Crippen molar-refractivity contribution in [3.63, 3.8) is 0 Å². The summed E-state index contributed by atoms with van der Waals surface area (Å²) in [4.78, 5) is 13.0. The third-order valence-electron chi connectivity index (χ3n) is 5.50. The molecule has 1 heterocycles. The van der Waals surface area contributed by atoms with Gasteiger partial charge in [-0.05, 0) is 67.5 Å². The number of hydrogen-bond acceptors (Lipinski definition) is 5. The van der Waals surface area contributed by atoms with Gasteiger partial charge in [-0.3, -0.25) is 4.79 Å². The van der Waals surface area contributed by atoms with E-state index in [0.29, 0.717) is 31.6 Å². The highest BCUT2D eigenvalue weighted by Gasteiger charge is 2.21. The zero-order valence-electron chi connectivity index (χ0n) is 18.9. The molecule has 3 rings (SSSR count). The lowest BCUT2D eigenvalue weighted by Gasteiger charge is -2.25. The van der Waals surface area contributed by atoms with Crippen molar-refractivity contribution < 1.29 is 9.53 Å². The van der Waals surface area contributed by atoms with Crippen LogP contribution in [-0.2, 0) is 24.2 Å². The Balaban J connectivity index is 1.93. The number of anilines is 1. The highest BCUT2D eigenvalue weighted by molar-refractivity contribution is 7.81. The number of terminal acetylenes is 1. The lowest BCUT2D eigenvalue weighted by Crippen LogP contribution is -2.43. The Morgan fingerprint density at radius 1 is 1.28 bits per heavy atom. The second kappa shape index (κ2) is 10.9. The molecule has 2 unspecified atom stereocenters. The predicted octanol–water partition coefficient (Wildman–Crippen LogP) is 3.90. The SMILES string of the molecule is C#CC1CCc2cccc(c2)CC(C)(N)COCc2cc(cc(N(S)CCC)c2)C(=O)N1. The van der Waals surface area contributed by atoms with Crippen molar-refractivity contribution in [2.75, 3.05) is 17.5 Å². The Labute approximate surface area is 197 Å². The van der Waals surface area contributed by atoms with Crippen LogP contribution >= 0.6 is 12.8 Å². The van der Waals surface area contributed by atoms with Gasteiger partial charge in [0.05, 0.1) is 19.3 Å². The lowest BCUT2D eigenvalue weighted by molar-refractivity contribution is 0.0790. The van der Waals surface area contributed by atoms with Crippen molar-refractivity contribution in [1.29, 1.82) is 0 Å². The number of aryl methyl sites for hydroxylation is 1. The standard InChI is InChI=1S/C26H33N3O2S/c1-4-11-29(32)24-14-21-13-22(15-24)25(30)28-23(5-2)10-9-19-7-6-8-20(12-19)16-26(3,27)18-31-17-21/h2,6-8,12-15,23,32H,4,9-11,16-18,27H2,1,3H3,(H,28,30). The second-order valence-corrected chi connectivity index (χ2v) is 9.37. The first kappa shape index (κ1) is 24.2. The molecule has 0 spiro atoms. The molecule has 4 bridgehead atoms. The molecular formula is C26H33N3O2S. The molecule has 2 aromatic rings. The van der Waals surface area contributed by atoms with E-state index in [0.717, 1.165) is 30.6 Å². The molecule has 0 radical (unpaired) electrons. The van der Waals surface area contributed by atoms with Gasteiger partial charge in [-0.2, -0.15) is 0 Å². The smallest absolute Gasteiger partial charge is 0.252 e. The van der Waals surface area contributed by atoms with E-state index in [2.05, 4.69) is 49.2 Å². The summed E-state index contributed by atoms with van der Waals surface area (Å²) in [6.07, 6.45) is 8.82. The first-order chi connectivity index (χ1) is 15.3. The molecule has 32 heavy (non-hydrogen) atoms. The van der Waals surface area contributed by atoms with Crippen molar-refractivity contribution in [3.8, 4) is 12.3 Å². The second-order valence-electron chi connectivity index (χ2n) is 8.89. The monoisotopic (exact) mass is 451 g/mol. The molecule has 6 heteroatoms. The fraction of sp³-hybridized carbons (Fsp3) is 0.423. The highest BCUT2D eigenvalue weighted by Crippen LogP contribution is 2.23. The van der Waals surface area contributed by atoms with Gasteiger partial charge in [-0.1, -0.05) is 49.9 Å². The van der Waals surface area contributed by atoms with Gasteiger partial charge in [0.1, 0.15) is 0 Å². The number of ether oxygens (including phenoxy) is 1. The summed E-state index contributed by atoms with van der Waals surface area (Å²) < 4.78 is 7.84. The fourth-order valence-corrected chi connectivity index (χ4v) is 4.26. The molecule has 2 aromatic carbocycles. The summed E-state index contributed by atoms with van der Waals surface area (Å²) in [5, 5.41) is 3.00. The summed E-state index contributed by atoms with van der Waals surface area (Å²) in [6.45, 7) is 5.61. The van der Waals surface area contributed by atoms with Crippen LogP contribution in [0.5, 0.6) is 0 Å². The lowest BCUT2D eigenvalue weighted by atomic mass is 9.93. The zero-order chi connectivity index (χ0) is 23.1. The van der Waals surface area contributed by atoms with Crippen LogP contribution in [0.1, 0.15) is 53.7 Å². The average molecular weight is 452 g/mol. The van der Waals surface area contributed by atoms with E-state index in [4.69, 9.17) is 16.9 Å². The van der Waals surface area contributed by atoms with Crippen molar-refractivity contribution >= 4 is 24.4 Å². The van der Waals surface area contributed by atoms with Crippen LogP contribution in [0.4, 0.5) is 5.69 Å². The molecule has 0 fully saturated rings. The summed E-state index contributed by atoms with van der Waals surface area (Å²) in [7, 11) is 0. The van der Waals surface area contributed by atoms with Crippen LogP contribution in [0.3, 0.4) is 0 Å². The van der Waals surface area contributed by atoms with Crippen LogP contribution in [0.2, 0.25) is 0 Å². The van der Waals surface area contributed by atoms with Crippen molar-refractivity contribution in [2.24, 2.45) is 5.73 Å². The van der Waals surface area contributed by atoms with Gasteiger partial charge < -0.3 is 20.1 Å². The normalized spacial score (nSPS) is 22.0. The molecular weight excluding hydrogens is 418 g/mol. The predicted molar refractivity (Wildman–Crippen MR) is 134 cm³/mol. The minimum Gasteiger partial charge on any atom is -0.375 e. The van der Waals surface area contributed by atoms with E-state index in [9.17, 15) is 4.79 Å². The maximum Gasteiger partial charge on any atom is 0.252 e. The Morgan fingerprint density at radius 3 is 2.81 bits per heavy atom. The topological polar surface area (TPSA) is 67.6 Å². The number of nitrogens with zero attached hydrogens (tertiary/aromatic N) is 1. The maximum atomic E-state index is 13.0. The summed E-state index contributed by atoms with van der Waals surface area (Å²) >= 11 is 4.58. The molecule has 0 aromatic heterocycles. The van der Waals surface area contributed by atoms with Crippen LogP contribution in [0.15, 0.2) is 42.5 Å². The first-order valence-electron chi connectivity index (χ1n) is 11.1. The Morgan fingerprint density at radius 2 is 2.06 bits per heavy atom. The Bertz CT molecular complexity index is 983. The number of carbonyl (C=O) groups is 1. The average Bonchev–Trinajstić information content (AvgIpc) is 2.75. The molecule has 5 nitrogen and oxygen atoms in total. The summed E-state index contributed by atoms with van der Waals surface area (Å²) in [5.74, 6) is 2.53. The van der Waals surface area contributed by atoms with Crippen LogP contribution < -0.4 is 15.4 Å². The number of nitrogens with two attached hydrogens (primary N) is 1. The van der Waals surface area contributed by atoms with E-state index in [1.54, 1.807) is 0 Å². The largest absolute Gasteiger partial charge is 0.375 e. The molecule has 0 saturated carbocycles. The van der Waals surface area contributed by atoms with E-state index >= 15 is 0 Å². The van der Waals surface area contributed by atoms with Crippen molar-refractivity contribution in [1.82, 2.24) is 5.32 Å². The molecule has 2 atom stereocenters. The minimum absolute atomic E-state index is 0.196.